The van der Waals surface area contributed by atoms with Crippen LogP contribution in [0.25, 0.3) is 0 Å². The molecular weight excluding hydrogens is 180 g/mol. The molecule has 0 aliphatic rings. The second-order valence-corrected chi connectivity index (χ2v) is 2.47. The van der Waals surface area contributed by atoms with Gasteiger partial charge >= 0.3 is 23.1 Å². The van der Waals surface area contributed by atoms with Crippen molar-refractivity contribution >= 4 is 35.5 Å². The Morgan fingerprint density at radius 1 is 1.08 bits per heavy atom. The summed E-state index contributed by atoms with van der Waals surface area (Å²) in [6.45, 7) is 7.75. The number of hydrogen-bond acceptors (Lipinski definition) is 0. The van der Waals surface area contributed by atoms with Crippen LogP contribution in [0.5, 0.6) is 0 Å². The summed E-state index contributed by atoms with van der Waals surface area (Å²) in [7, 11) is 0. The predicted molar refractivity (Wildman–Crippen MR) is 58.5 cm³/mol. The molecule has 0 amide bonds. The van der Waals surface area contributed by atoms with E-state index in [1.54, 1.807) is 0 Å². The van der Waals surface area contributed by atoms with Crippen molar-refractivity contribution in [1.82, 2.24) is 0 Å². The average molecular weight is 195 g/mol. The maximum Gasteiger partial charge on any atom is 2.00 e. The zero-order valence-electron chi connectivity index (χ0n) is 7.79. The summed E-state index contributed by atoms with van der Waals surface area (Å²) in [6.07, 6.45) is 0. The van der Waals surface area contributed by atoms with Crippen LogP contribution in [0.2, 0.25) is 0 Å². The van der Waals surface area contributed by atoms with E-state index in [2.05, 4.69) is 26.8 Å². The van der Waals surface area contributed by atoms with Gasteiger partial charge in [-0.2, -0.15) is 42.3 Å². The molecule has 0 unspecified atom stereocenters. The van der Waals surface area contributed by atoms with Crippen LogP contribution in [0.4, 0.5) is 0 Å². The molecule has 0 spiro atoms. The monoisotopic (exact) mass is 194 g/mol. The second-order valence-electron chi connectivity index (χ2n) is 2.47. The molecule has 0 aliphatic heterocycles. The quantitative estimate of drug-likeness (QED) is 0.440. The molecule has 0 radical (unpaired) electrons. The maximum absolute atomic E-state index is 3.64. The SMILES string of the molecule is Cl.[CH2-]C(C)C.[Mg+2].[c-]1ccccc1. The van der Waals surface area contributed by atoms with E-state index >= 15 is 0 Å². The fourth-order valence-corrected chi connectivity index (χ4v) is 0.342. The standard InChI is InChI=1S/C6H5.C4H9.ClH.Mg/c1-2-4-6-5-3-1;1-4(2)3;;/h1-5H;4H,1H2,2-3H3;1H;/q2*-1;;+2. The molecule has 2 heteroatoms. The Morgan fingerprint density at radius 3 is 1.50 bits per heavy atom. The fraction of sp³-hybridized carbons (Fsp3) is 0.300. The van der Waals surface area contributed by atoms with Crippen molar-refractivity contribution in [2.45, 2.75) is 13.8 Å². The number of rotatable bonds is 0. The van der Waals surface area contributed by atoms with E-state index in [1.807, 2.05) is 30.3 Å². The van der Waals surface area contributed by atoms with Crippen LogP contribution in [0.15, 0.2) is 30.3 Å². The van der Waals surface area contributed by atoms with Crippen LogP contribution in [0.3, 0.4) is 0 Å². The minimum atomic E-state index is 0. The van der Waals surface area contributed by atoms with Gasteiger partial charge in [0.15, 0.2) is 0 Å². The molecule has 0 aliphatic carbocycles. The van der Waals surface area contributed by atoms with Gasteiger partial charge in [-0.1, -0.05) is 13.8 Å². The Kier molecular flexibility index (Phi) is 20.9. The van der Waals surface area contributed by atoms with Gasteiger partial charge in [-0.25, -0.2) is 0 Å². The van der Waals surface area contributed by atoms with Gasteiger partial charge in [0, 0.05) is 0 Å². The minimum Gasteiger partial charge on any atom is -0.341 e. The third-order valence-corrected chi connectivity index (χ3v) is 0.607. The first-order chi connectivity index (χ1) is 4.73. The molecule has 1 aromatic carbocycles. The van der Waals surface area contributed by atoms with E-state index in [1.165, 1.54) is 0 Å². The largest absolute Gasteiger partial charge is 2.00 e. The molecule has 0 heterocycles. The van der Waals surface area contributed by atoms with E-state index in [-0.39, 0.29) is 35.5 Å². The molecule has 1 aromatic rings. The zero-order valence-corrected chi connectivity index (χ0v) is 10.0. The molecule has 0 N–H and O–H groups in total. The molecule has 12 heavy (non-hydrogen) atoms. The van der Waals surface area contributed by atoms with Crippen molar-refractivity contribution in [2.24, 2.45) is 5.92 Å². The number of halogens is 1. The molecule has 0 fully saturated rings. The van der Waals surface area contributed by atoms with Gasteiger partial charge in [0.1, 0.15) is 0 Å². The Balaban J connectivity index is -0.000000124. The topological polar surface area (TPSA) is 0 Å². The summed E-state index contributed by atoms with van der Waals surface area (Å²) in [5.74, 6) is 0.583. The first-order valence-corrected chi connectivity index (χ1v) is 3.47. The predicted octanol–water partition coefficient (Wildman–Crippen LogP) is 3.00. The smallest absolute Gasteiger partial charge is 0.341 e. The van der Waals surface area contributed by atoms with Gasteiger partial charge < -0.3 is 6.92 Å². The van der Waals surface area contributed by atoms with Crippen molar-refractivity contribution < 1.29 is 0 Å². The molecule has 0 bridgehead atoms. The Labute approximate surface area is 98.3 Å². The third kappa shape index (κ3) is 22.4. The van der Waals surface area contributed by atoms with Gasteiger partial charge in [-0.3, -0.25) is 0 Å². The molecule has 1 rings (SSSR count). The Hall–Kier alpha value is 0.276. The van der Waals surface area contributed by atoms with Crippen LogP contribution < -0.4 is 0 Å². The summed E-state index contributed by atoms with van der Waals surface area (Å²) in [5.41, 5.74) is 0. The Morgan fingerprint density at radius 2 is 1.42 bits per heavy atom. The van der Waals surface area contributed by atoms with Crippen LogP contribution in [0, 0.1) is 18.9 Å². The van der Waals surface area contributed by atoms with E-state index in [9.17, 15) is 0 Å². The van der Waals surface area contributed by atoms with Crippen LogP contribution in [-0.4, -0.2) is 23.1 Å². The number of hydrogen-bond donors (Lipinski definition) is 0. The summed E-state index contributed by atoms with van der Waals surface area (Å²) in [4.78, 5) is 0. The van der Waals surface area contributed by atoms with E-state index in [0.717, 1.165) is 0 Å². The van der Waals surface area contributed by atoms with Gasteiger partial charge in [0.05, 0.1) is 0 Å². The van der Waals surface area contributed by atoms with Crippen molar-refractivity contribution in [1.29, 1.82) is 0 Å². The fourth-order valence-electron chi connectivity index (χ4n) is 0.342. The van der Waals surface area contributed by atoms with Gasteiger partial charge in [0.2, 0.25) is 0 Å². The van der Waals surface area contributed by atoms with Crippen LogP contribution in [0.1, 0.15) is 13.8 Å². The minimum absolute atomic E-state index is 0. The summed E-state index contributed by atoms with van der Waals surface area (Å²) in [6, 6.07) is 12.5. The summed E-state index contributed by atoms with van der Waals surface area (Å²) >= 11 is 0. The van der Waals surface area contributed by atoms with Crippen LogP contribution in [-0.2, 0) is 0 Å². The normalized spacial score (nSPS) is 7.00. The zero-order chi connectivity index (χ0) is 7.82. The first kappa shape index (κ1) is 18.1. The average Bonchev–Trinajstić information content (AvgIpc) is 1.90. The van der Waals surface area contributed by atoms with Crippen LogP contribution >= 0.6 is 12.4 Å². The molecule has 0 atom stereocenters. The van der Waals surface area contributed by atoms with E-state index in [0.29, 0.717) is 5.92 Å². The molecule has 0 nitrogen and oxygen atoms in total. The second kappa shape index (κ2) is 13.8. The number of benzene rings is 1. The first-order valence-electron chi connectivity index (χ1n) is 3.47. The molecule has 64 valence electrons. The molecule has 0 saturated heterocycles. The van der Waals surface area contributed by atoms with Crippen molar-refractivity contribution in [2.75, 3.05) is 0 Å². The summed E-state index contributed by atoms with van der Waals surface area (Å²) < 4.78 is 0. The molecule has 0 aromatic heterocycles. The molecule has 0 saturated carbocycles. The van der Waals surface area contributed by atoms with Crippen molar-refractivity contribution in [3.8, 4) is 0 Å². The van der Waals surface area contributed by atoms with Crippen molar-refractivity contribution in [3.63, 3.8) is 0 Å². The Bertz CT molecular complexity index is 110. The maximum atomic E-state index is 3.64. The van der Waals surface area contributed by atoms with Gasteiger partial charge in [0.25, 0.3) is 0 Å². The van der Waals surface area contributed by atoms with E-state index < -0.39 is 0 Å². The van der Waals surface area contributed by atoms with Crippen molar-refractivity contribution in [3.05, 3.63) is 43.3 Å². The third-order valence-electron chi connectivity index (χ3n) is 0.607. The van der Waals surface area contributed by atoms with Gasteiger partial charge in [-0.15, -0.1) is 12.4 Å². The molecular formula is C10H15ClMg. The van der Waals surface area contributed by atoms with Gasteiger partial charge in [-0.05, 0) is 0 Å². The summed E-state index contributed by atoms with van der Waals surface area (Å²) in [5, 5.41) is 0. The van der Waals surface area contributed by atoms with E-state index in [4.69, 9.17) is 0 Å².